The second kappa shape index (κ2) is 11.8. The fourth-order valence-electron chi connectivity index (χ4n) is 3.94. The van der Waals surface area contributed by atoms with Crippen molar-refractivity contribution in [3.05, 3.63) is 66.8 Å². The van der Waals surface area contributed by atoms with Crippen LogP contribution >= 0.6 is 0 Å². The zero-order chi connectivity index (χ0) is 24.5. The third kappa shape index (κ3) is 5.88. The smallest absolute Gasteiger partial charge is 0.275 e. The quantitative estimate of drug-likeness (QED) is 0.206. The zero-order valence-corrected chi connectivity index (χ0v) is 19.7. The second-order valence-corrected chi connectivity index (χ2v) is 8.02. The molecule has 1 aliphatic heterocycles. The molecule has 8 nitrogen and oxygen atoms in total. The van der Waals surface area contributed by atoms with E-state index in [1.807, 2.05) is 30.3 Å². The molecular weight excluding hydrogens is 426 g/mol. The number of amides is 1. The number of nitrogens with two attached hydrogens (primary N) is 1. The number of likely N-dealkylation sites (tertiary alicyclic amines) is 1. The Labute approximate surface area is 201 Å². The number of rotatable bonds is 9. The third-order valence-electron chi connectivity index (χ3n) is 5.73. The van der Waals surface area contributed by atoms with Crippen molar-refractivity contribution in [3.8, 4) is 11.8 Å². The Morgan fingerprint density at radius 1 is 1.35 bits per heavy atom. The van der Waals surface area contributed by atoms with Crippen molar-refractivity contribution in [3.63, 3.8) is 0 Å². The maximum atomic E-state index is 13.6. The zero-order valence-electron chi connectivity index (χ0n) is 19.7. The molecule has 1 saturated heterocycles. The summed E-state index contributed by atoms with van der Waals surface area (Å²) in [6.45, 7) is 15.5. The van der Waals surface area contributed by atoms with Crippen LogP contribution in [-0.2, 0) is 11.3 Å². The average molecular weight is 458 g/mol. The number of piperidine rings is 1. The lowest BCUT2D eigenvalue weighted by Gasteiger charge is -2.39. The first kappa shape index (κ1) is 24.7. The lowest BCUT2D eigenvalue weighted by molar-refractivity contribution is -0.125. The summed E-state index contributed by atoms with van der Waals surface area (Å²) >= 11 is 0. The molecule has 0 spiro atoms. The highest BCUT2D eigenvalue weighted by Crippen LogP contribution is 2.22. The van der Waals surface area contributed by atoms with E-state index in [-0.39, 0.29) is 30.7 Å². The number of fused-ring (bicyclic) bond motifs is 1. The van der Waals surface area contributed by atoms with Gasteiger partial charge in [-0.3, -0.25) is 14.7 Å². The topological polar surface area (TPSA) is 90.4 Å². The highest BCUT2D eigenvalue weighted by atomic mass is 16.2. The molecule has 8 heteroatoms. The van der Waals surface area contributed by atoms with E-state index in [2.05, 4.69) is 51.8 Å². The molecule has 1 atom stereocenters. The summed E-state index contributed by atoms with van der Waals surface area (Å²) in [4.78, 5) is 23.3. The molecule has 34 heavy (non-hydrogen) atoms. The number of para-hydroxylation sites is 1. The maximum absolute atomic E-state index is 13.6. The lowest BCUT2D eigenvalue weighted by Crippen LogP contribution is -2.47. The molecule has 2 heterocycles. The van der Waals surface area contributed by atoms with Gasteiger partial charge in [0.2, 0.25) is 0 Å². The molecule has 0 aliphatic carbocycles. The van der Waals surface area contributed by atoms with E-state index in [4.69, 9.17) is 5.73 Å². The summed E-state index contributed by atoms with van der Waals surface area (Å²) in [7, 11) is 0. The van der Waals surface area contributed by atoms with Gasteiger partial charge in [-0.25, -0.2) is 0 Å². The van der Waals surface area contributed by atoms with Crippen molar-refractivity contribution in [1.29, 1.82) is 0 Å². The molecule has 1 aromatic carbocycles. The van der Waals surface area contributed by atoms with Crippen LogP contribution in [0.3, 0.4) is 0 Å². The SMILES string of the molecule is C=N/N=C\N(Cc1ccnc2ccccc12)C(=O)C(=C)N(CC#CC)C(=C)N1CCC[C@@H](N)C1. The Bertz CT molecular complexity index is 1160. The van der Waals surface area contributed by atoms with Gasteiger partial charge in [0, 0.05) is 37.4 Å². The van der Waals surface area contributed by atoms with Gasteiger partial charge in [-0.05, 0) is 37.5 Å². The van der Waals surface area contributed by atoms with Gasteiger partial charge in [-0.1, -0.05) is 37.3 Å². The predicted octanol–water partition coefficient (Wildman–Crippen LogP) is 2.94. The van der Waals surface area contributed by atoms with Crippen molar-refractivity contribution in [2.75, 3.05) is 19.6 Å². The van der Waals surface area contributed by atoms with Gasteiger partial charge in [0.05, 0.1) is 18.6 Å². The van der Waals surface area contributed by atoms with E-state index in [0.29, 0.717) is 12.4 Å². The minimum absolute atomic E-state index is 0.0656. The van der Waals surface area contributed by atoms with Gasteiger partial charge in [-0.2, -0.15) is 5.10 Å². The molecule has 0 saturated carbocycles. The third-order valence-corrected chi connectivity index (χ3v) is 5.73. The van der Waals surface area contributed by atoms with Crippen molar-refractivity contribution in [2.45, 2.75) is 32.4 Å². The Morgan fingerprint density at radius 2 is 2.15 bits per heavy atom. The van der Waals surface area contributed by atoms with E-state index in [9.17, 15) is 4.79 Å². The van der Waals surface area contributed by atoms with Crippen molar-refractivity contribution in [2.24, 2.45) is 15.9 Å². The van der Waals surface area contributed by atoms with Crippen LogP contribution in [0, 0.1) is 11.8 Å². The highest BCUT2D eigenvalue weighted by Gasteiger charge is 2.27. The van der Waals surface area contributed by atoms with Gasteiger partial charge >= 0.3 is 0 Å². The lowest BCUT2D eigenvalue weighted by atomic mass is 10.1. The van der Waals surface area contributed by atoms with E-state index in [0.717, 1.165) is 35.9 Å². The fraction of sp³-hybridized carbons (Fsp3) is 0.308. The minimum atomic E-state index is -0.339. The van der Waals surface area contributed by atoms with Crippen LogP contribution in [0.4, 0.5) is 0 Å². The summed E-state index contributed by atoms with van der Waals surface area (Å²) in [6.07, 6.45) is 5.02. The maximum Gasteiger partial charge on any atom is 0.275 e. The monoisotopic (exact) mass is 457 g/mol. The van der Waals surface area contributed by atoms with Crippen LogP contribution in [-0.4, -0.2) is 64.3 Å². The molecule has 1 aliphatic rings. The summed E-state index contributed by atoms with van der Waals surface area (Å²) in [5.74, 6) is 6.23. The molecular formula is C26H31N7O. The van der Waals surface area contributed by atoms with Crippen LogP contribution in [0.5, 0.6) is 0 Å². The molecule has 0 radical (unpaired) electrons. The Hall–Kier alpha value is -3.96. The van der Waals surface area contributed by atoms with Crippen molar-refractivity contribution >= 4 is 29.9 Å². The molecule has 1 fully saturated rings. The number of carbonyl (C=O) groups excluding carboxylic acids is 1. The molecule has 0 bridgehead atoms. The van der Waals surface area contributed by atoms with Crippen molar-refractivity contribution in [1.82, 2.24) is 19.7 Å². The molecule has 1 aromatic heterocycles. The number of aromatic nitrogens is 1. The van der Waals surface area contributed by atoms with E-state index < -0.39 is 0 Å². The van der Waals surface area contributed by atoms with Crippen LogP contribution in [0.2, 0.25) is 0 Å². The van der Waals surface area contributed by atoms with Crippen LogP contribution in [0.25, 0.3) is 10.9 Å². The predicted molar refractivity (Wildman–Crippen MR) is 138 cm³/mol. The first-order valence-corrected chi connectivity index (χ1v) is 11.1. The molecule has 0 unspecified atom stereocenters. The van der Waals surface area contributed by atoms with Gasteiger partial charge in [0.1, 0.15) is 17.9 Å². The molecule has 2 aromatic rings. The van der Waals surface area contributed by atoms with E-state index >= 15 is 0 Å². The fourth-order valence-corrected chi connectivity index (χ4v) is 3.94. The first-order valence-electron chi connectivity index (χ1n) is 11.1. The normalized spacial score (nSPS) is 15.5. The summed E-state index contributed by atoms with van der Waals surface area (Å²) in [6, 6.07) is 9.73. The van der Waals surface area contributed by atoms with E-state index in [1.54, 1.807) is 18.0 Å². The number of benzene rings is 1. The van der Waals surface area contributed by atoms with Gasteiger partial charge < -0.3 is 15.5 Å². The van der Waals surface area contributed by atoms with Gasteiger partial charge in [0.15, 0.2) is 0 Å². The summed E-state index contributed by atoms with van der Waals surface area (Å²) in [5, 5.41) is 8.35. The number of pyridine rings is 1. The highest BCUT2D eigenvalue weighted by molar-refractivity contribution is 5.99. The standard InChI is InChI=1S/C26H31N7O/c1-5-6-16-33(21(3)31-15-9-10-23(27)18-31)20(2)26(34)32(19-30-28-4)17-22-13-14-29-25-12-8-7-11-24(22)25/h7-8,11-14,19,23H,2-4,9-10,15-18,27H2,1H3/b30-19-/t23-/m1/s1. The number of carbonyl (C=O) groups is 1. The van der Waals surface area contributed by atoms with Gasteiger partial charge in [0.25, 0.3) is 5.91 Å². The van der Waals surface area contributed by atoms with Crippen molar-refractivity contribution < 1.29 is 4.79 Å². The number of hydrogen-bond donors (Lipinski definition) is 1. The van der Waals surface area contributed by atoms with Crippen LogP contribution in [0.1, 0.15) is 25.3 Å². The molecule has 2 N–H and O–H groups in total. The Kier molecular flexibility index (Phi) is 8.54. The minimum Gasteiger partial charge on any atom is -0.357 e. The first-order chi connectivity index (χ1) is 16.5. The average Bonchev–Trinajstić information content (AvgIpc) is 2.86. The molecule has 3 rings (SSSR count). The van der Waals surface area contributed by atoms with Gasteiger partial charge in [-0.15, -0.1) is 11.0 Å². The van der Waals surface area contributed by atoms with Crippen LogP contribution < -0.4 is 5.73 Å². The Balaban J connectivity index is 1.88. The molecule has 1 amide bonds. The molecule has 176 valence electrons. The largest absolute Gasteiger partial charge is 0.357 e. The summed E-state index contributed by atoms with van der Waals surface area (Å²) in [5.41, 5.74) is 8.17. The number of hydrogen-bond acceptors (Lipinski definition) is 7. The second-order valence-electron chi connectivity index (χ2n) is 8.02. The number of nitrogens with zero attached hydrogens (tertiary/aromatic N) is 6. The van der Waals surface area contributed by atoms with Crippen LogP contribution in [0.15, 0.2) is 71.4 Å². The Morgan fingerprint density at radius 3 is 2.88 bits per heavy atom. The summed E-state index contributed by atoms with van der Waals surface area (Å²) < 4.78 is 0. The van der Waals surface area contributed by atoms with E-state index in [1.165, 1.54) is 11.2 Å².